The second-order valence-electron chi connectivity index (χ2n) is 3.41. The zero-order valence-electron chi connectivity index (χ0n) is 8.14. The number of nitro groups is 1. The first-order valence-electron chi connectivity index (χ1n) is 4.59. The maximum atomic E-state index is 10.9. The van der Waals surface area contributed by atoms with Crippen molar-refractivity contribution in [1.82, 2.24) is 10.6 Å². The Balaban J connectivity index is 2.35. The largest absolute Gasteiger partial charge is 0.508 e. The summed E-state index contributed by atoms with van der Waals surface area (Å²) in [5.41, 5.74) is 0.224. The highest BCUT2D eigenvalue weighted by atomic mass is 16.6. The minimum Gasteiger partial charge on any atom is -0.508 e. The molecule has 1 heterocycles. The molecule has 0 aromatic heterocycles. The number of carbonyl (C=O) groups is 1. The average Bonchev–Trinajstić information content (AvgIpc) is 2.65. The number of phenolic OH excluding ortho intramolecular Hbond substituents is 1. The molecule has 1 saturated heterocycles. The molecule has 1 fully saturated rings. The van der Waals surface area contributed by atoms with Gasteiger partial charge in [0.2, 0.25) is 0 Å². The van der Waals surface area contributed by atoms with E-state index in [2.05, 4.69) is 10.6 Å². The molecular weight excluding hydrogens is 214 g/mol. The second kappa shape index (κ2) is 3.69. The Bertz CT molecular complexity index is 460. The lowest BCUT2D eigenvalue weighted by Crippen LogP contribution is -2.21. The number of hydrogen-bond donors (Lipinski definition) is 3. The molecule has 3 N–H and O–H groups in total. The van der Waals surface area contributed by atoms with E-state index in [0.29, 0.717) is 12.1 Å². The predicted molar refractivity (Wildman–Crippen MR) is 54.0 cm³/mol. The van der Waals surface area contributed by atoms with Crippen LogP contribution in [0.25, 0.3) is 0 Å². The average molecular weight is 223 g/mol. The third-order valence-electron chi connectivity index (χ3n) is 2.37. The molecule has 1 aliphatic rings. The molecule has 0 bridgehead atoms. The van der Waals surface area contributed by atoms with Crippen molar-refractivity contribution in [3.63, 3.8) is 0 Å². The molecule has 1 aromatic rings. The number of hydrogen-bond acceptors (Lipinski definition) is 4. The molecule has 7 heteroatoms. The Hall–Kier alpha value is -2.31. The summed E-state index contributed by atoms with van der Waals surface area (Å²) in [4.78, 5) is 20.9. The molecule has 0 radical (unpaired) electrons. The third-order valence-corrected chi connectivity index (χ3v) is 2.37. The van der Waals surface area contributed by atoms with Crippen LogP contribution >= 0.6 is 0 Å². The van der Waals surface area contributed by atoms with Gasteiger partial charge in [0, 0.05) is 24.2 Å². The van der Waals surface area contributed by atoms with E-state index in [9.17, 15) is 20.0 Å². The van der Waals surface area contributed by atoms with Crippen LogP contribution in [-0.2, 0) is 0 Å². The van der Waals surface area contributed by atoms with E-state index in [4.69, 9.17) is 0 Å². The van der Waals surface area contributed by atoms with Crippen molar-refractivity contribution in [1.29, 1.82) is 0 Å². The lowest BCUT2D eigenvalue weighted by atomic mass is 10.1. The van der Waals surface area contributed by atoms with Crippen LogP contribution in [0.5, 0.6) is 5.75 Å². The molecular formula is C9H9N3O4. The highest BCUT2D eigenvalue weighted by molar-refractivity contribution is 5.77. The highest BCUT2D eigenvalue weighted by Crippen LogP contribution is 2.29. The van der Waals surface area contributed by atoms with E-state index in [1.807, 2.05) is 0 Å². The Kier molecular flexibility index (Phi) is 2.35. The van der Waals surface area contributed by atoms with Crippen molar-refractivity contribution >= 4 is 11.7 Å². The number of nitrogens with zero attached hydrogens (tertiary/aromatic N) is 1. The lowest BCUT2D eigenvalue weighted by Gasteiger charge is -2.10. The van der Waals surface area contributed by atoms with Gasteiger partial charge in [-0.2, -0.15) is 0 Å². The van der Waals surface area contributed by atoms with E-state index in [1.165, 1.54) is 18.2 Å². The van der Waals surface area contributed by atoms with Gasteiger partial charge in [0.05, 0.1) is 11.0 Å². The monoisotopic (exact) mass is 223 g/mol. The van der Waals surface area contributed by atoms with Crippen molar-refractivity contribution in [3.05, 3.63) is 33.9 Å². The Morgan fingerprint density at radius 2 is 2.25 bits per heavy atom. The van der Waals surface area contributed by atoms with Crippen LogP contribution in [0.15, 0.2) is 18.2 Å². The molecule has 0 aliphatic carbocycles. The molecule has 7 nitrogen and oxygen atoms in total. The van der Waals surface area contributed by atoms with Gasteiger partial charge in [-0.25, -0.2) is 4.79 Å². The van der Waals surface area contributed by atoms with Crippen LogP contribution in [0, 0.1) is 10.1 Å². The van der Waals surface area contributed by atoms with E-state index in [-0.39, 0.29) is 17.5 Å². The molecule has 84 valence electrons. The third kappa shape index (κ3) is 1.74. The Morgan fingerprint density at radius 3 is 2.81 bits per heavy atom. The summed E-state index contributed by atoms with van der Waals surface area (Å²) in [5.74, 6) is -0.0698. The normalized spacial score (nSPS) is 19.0. The van der Waals surface area contributed by atoms with E-state index in [1.54, 1.807) is 0 Å². The molecule has 2 amide bonds. The summed E-state index contributed by atoms with van der Waals surface area (Å²) in [5, 5.41) is 25.2. The van der Waals surface area contributed by atoms with Crippen LogP contribution in [0.1, 0.15) is 11.6 Å². The summed E-state index contributed by atoms with van der Waals surface area (Å²) in [6.07, 6.45) is 0. The summed E-state index contributed by atoms with van der Waals surface area (Å²) < 4.78 is 0. The molecule has 0 unspecified atom stereocenters. The smallest absolute Gasteiger partial charge is 0.315 e. The van der Waals surface area contributed by atoms with Crippen LogP contribution in [0.4, 0.5) is 10.5 Å². The van der Waals surface area contributed by atoms with Crippen molar-refractivity contribution < 1.29 is 14.8 Å². The molecule has 0 saturated carbocycles. The van der Waals surface area contributed by atoms with E-state index in [0.717, 1.165) is 0 Å². The number of nitro benzene ring substituents is 1. The van der Waals surface area contributed by atoms with Gasteiger partial charge in [0.15, 0.2) is 0 Å². The molecule has 0 spiro atoms. The summed E-state index contributed by atoms with van der Waals surface area (Å²) >= 11 is 0. The van der Waals surface area contributed by atoms with Gasteiger partial charge in [0.25, 0.3) is 5.69 Å². The van der Waals surface area contributed by atoms with E-state index < -0.39 is 11.0 Å². The molecule has 16 heavy (non-hydrogen) atoms. The maximum Gasteiger partial charge on any atom is 0.315 e. The quantitative estimate of drug-likeness (QED) is 0.505. The number of non-ortho nitro benzene ring substituents is 1. The number of amides is 2. The van der Waals surface area contributed by atoms with Gasteiger partial charge in [-0.3, -0.25) is 10.1 Å². The number of rotatable bonds is 2. The van der Waals surface area contributed by atoms with Gasteiger partial charge >= 0.3 is 6.03 Å². The first-order chi connectivity index (χ1) is 7.58. The SMILES string of the molecule is O=C1NC[C@@H](c2cc([N+](=O)[O-])ccc2O)N1. The van der Waals surface area contributed by atoms with Crippen molar-refractivity contribution in [2.24, 2.45) is 0 Å². The first kappa shape index (κ1) is 10.2. The molecule has 1 aliphatic heterocycles. The number of nitrogens with one attached hydrogen (secondary N) is 2. The van der Waals surface area contributed by atoms with Crippen LogP contribution in [-0.4, -0.2) is 22.6 Å². The predicted octanol–water partition coefficient (Wildman–Crippen LogP) is 0.654. The number of urea groups is 1. The van der Waals surface area contributed by atoms with Crippen LogP contribution in [0.2, 0.25) is 0 Å². The number of benzene rings is 1. The Morgan fingerprint density at radius 1 is 1.50 bits per heavy atom. The number of carbonyl (C=O) groups excluding carboxylic acids is 1. The van der Waals surface area contributed by atoms with E-state index >= 15 is 0 Å². The lowest BCUT2D eigenvalue weighted by molar-refractivity contribution is -0.385. The van der Waals surface area contributed by atoms with Gasteiger partial charge in [-0.1, -0.05) is 0 Å². The zero-order valence-corrected chi connectivity index (χ0v) is 8.14. The summed E-state index contributed by atoms with van der Waals surface area (Å²) in [6, 6.07) is 2.93. The van der Waals surface area contributed by atoms with Gasteiger partial charge in [-0.05, 0) is 6.07 Å². The zero-order chi connectivity index (χ0) is 11.7. The highest BCUT2D eigenvalue weighted by Gasteiger charge is 2.25. The Labute approximate surface area is 90.2 Å². The summed E-state index contributed by atoms with van der Waals surface area (Å²) in [7, 11) is 0. The minimum atomic E-state index is -0.548. The first-order valence-corrected chi connectivity index (χ1v) is 4.59. The van der Waals surface area contributed by atoms with Gasteiger partial charge in [0.1, 0.15) is 5.75 Å². The molecule has 1 atom stereocenters. The van der Waals surface area contributed by atoms with Crippen molar-refractivity contribution in [2.75, 3.05) is 6.54 Å². The topological polar surface area (TPSA) is 104 Å². The maximum absolute atomic E-state index is 10.9. The number of aromatic hydroxyl groups is 1. The fourth-order valence-electron chi connectivity index (χ4n) is 1.58. The minimum absolute atomic E-state index is 0.0698. The second-order valence-corrected chi connectivity index (χ2v) is 3.41. The number of phenols is 1. The van der Waals surface area contributed by atoms with Crippen molar-refractivity contribution in [2.45, 2.75) is 6.04 Å². The summed E-state index contributed by atoms with van der Waals surface area (Å²) in [6.45, 7) is 0.299. The molecule has 2 rings (SSSR count). The van der Waals surface area contributed by atoms with Crippen LogP contribution in [0.3, 0.4) is 0 Å². The van der Waals surface area contributed by atoms with Gasteiger partial charge in [-0.15, -0.1) is 0 Å². The fraction of sp³-hybridized carbons (Fsp3) is 0.222. The standard InChI is InChI=1S/C9H9N3O4/c13-8-2-1-5(12(15)16)3-6(8)7-4-10-9(14)11-7/h1-3,7,13H,4H2,(H2,10,11,14)/t7-/m0/s1. The fourth-order valence-corrected chi connectivity index (χ4v) is 1.58. The molecule has 1 aromatic carbocycles. The van der Waals surface area contributed by atoms with Gasteiger partial charge < -0.3 is 15.7 Å². The van der Waals surface area contributed by atoms with Crippen molar-refractivity contribution in [3.8, 4) is 5.75 Å². The van der Waals surface area contributed by atoms with Crippen LogP contribution < -0.4 is 10.6 Å².